The minimum atomic E-state index is -0.674. The number of hydrogen-bond acceptors (Lipinski definition) is 1. The van der Waals surface area contributed by atoms with Crippen LogP contribution in [0.4, 0.5) is 0 Å². The molecule has 0 aromatic rings. The molecule has 0 heterocycles. The second-order valence-corrected chi connectivity index (χ2v) is 3.34. The molecule has 1 N–H and O–H groups in total. The zero-order chi connectivity index (χ0) is 9.94. The van der Waals surface area contributed by atoms with E-state index < -0.39 is 5.97 Å². The summed E-state index contributed by atoms with van der Waals surface area (Å²) in [6, 6.07) is 0. The number of allylic oxidation sites excluding steroid dienone is 1. The van der Waals surface area contributed by atoms with Crippen molar-refractivity contribution in [1.29, 1.82) is 0 Å². The number of hydrogen-bond donors (Lipinski definition) is 1. The Morgan fingerprint density at radius 2 is 1.47 bits per heavy atom. The van der Waals surface area contributed by atoms with Gasteiger partial charge in [0, 0.05) is 6.42 Å². The van der Waals surface area contributed by atoms with Crippen molar-refractivity contribution in [2.45, 2.75) is 51.4 Å². The molecule has 0 spiro atoms. The molecule has 0 aromatic heterocycles. The van der Waals surface area contributed by atoms with Gasteiger partial charge in [0.05, 0.1) is 0 Å². The molecule has 0 aliphatic carbocycles. The fourth-order valence-corrected chi connectivity index (χ4v) is 1.27. The summed E-state index contributed by atoms with van der Waals surface area (Å²) in [5.74, 6) is -0.674. The first-order valence-electron chi connectivity index (χ1n) is 5.10. The molecular formula is C11H22Na2O2. The van der Waals surface area contributed by atoms with E-state index in [-0.39, 0.29) is 59.1 Å². The van der Waals surface area contributed by atoms with Gasteiger partial charge in [-0.2, -0.15) is 0 Å². The topological polar surface area (TPSA) is 37.3 Å². The van der Waals surface area contributed by atoms with Crippen LogP contribution in [0.2, 0.25) is 0 Å². The molecule has 0 aromatic carbocycles. The van der Waals surface area contributed by atoms with E-state index >= 15 is 0 Å². The average molecular weight is 232 g/mol. The number of rotatable bonds is 9. The maximum atomic E-state index is 10.2. The fraction of sp³-hybridized carbons (Fsp3) is 0.727. The van der Waals surface area contributed by atoms with Crippen LogP contribution >= 0.6 is 0 Å². The van der Waals surface area contributed by atoms with Crippen molar-refractivity contribution in [3.63, 3.8) is 0 Å². The second kappa shape index (κ2) is 17.6. The summed E-state index contributed by atoms with van der Waals surface area (Å²) in [5.41, 5.74) is 0. The van der Waals surface area contributed by atoms with Gasteiger partial charge in [0.15, 0.2) is 0 Å². The Morgan fingerprint density at radius 3 is 1.93 bits per heavy atom. The molecule has 0 fully saturated rings. The Bertz CT molecular complexity index is 150. The molecule has 0 aliphatic heterocycles. The van der Waals surface area contributed by atoms with Crippen molar-refractivity contribution in [3.05, 3.63) is 12.7 Å². The molecular weight excluding hydrogens is 210 g/mol. The van der Waals surface area contributed by atoms with Gasteiger partial charge in [0.2, 0.25) is 0 Å². The summed E-state index contributed by atoms with van der Waals surface area (Å²) in [6.45, 7) is 3.66. The molecule has 0 amide bonds. The minimum absolute atomic E-state index is 0. The molecule has 4 heteroatoms. The number of aliphatic carboxylic acids is 1. The summed E-state index contributed by atoms with van der Waals surface area (Å²) >= 11 is 0. The van der Waals surface area contributed by atoms with Crippen molar-refractivity contribution in [3.8, 4) is 0 Å². The zero-order valence-electron chi connectivity index (χ0n) is 8.30. The van der Waals surface area contributed by atoms with E-state index in [4.69, 9.17) is 5.11 Å². The van der Waals surface area contributed by atoms with Crippen LogP contribution in [0, 0.1) is 0 Å². The first-order valence-corrected chi connectivity index (χ1v) is 5.10. The van der Waals surface area contributed by atoms with Crippen LogP contribution in [0.1, 0.15) is 51.4 Å². The van der Waals surface area contributed by atoms with Gasteiger partial charge in [-0.3, -0.25) is 4.79 Å². The van der Waals surface area contributed by atoms with Crippen LogP contribution in [0.15, 0.2) is 12.7 Å². The molecule has 0 unspecified atom stereocenters. The predicted octanol–water partition coefficient (Wildman–Crippen LogP) is 2.08. The predicted molar refractivity (Wildman–Crippen MR) is 69.1 cm³/mol. The van der Waals surface area contributed by atoms with Crippen LogP contribution < -0.4 is 0 Å². The van der Waals surface area contributed by atoms with Gasteiger partial charge in [-0.15, -0.1) is 6.58 Å². The number of carbonyl (C=O) groups is 1. The summed E-state index contributed by atoms with van der Waals surface area (Å²) < 4.78 is 0. The molecule has 0 aliphatic rings. The second-order valence-electron chi connectivity index (χ2n) is 3.34. The van der Waals surface area contributed by atoms with Crippen molar-refractivity contribution in [2.24, 2.45) is 0 Å². The maximum absolute atomic E-state index is 10.2. The standard InChI is InChI=1S/C11H20O2.2Na.2H/c1-2-3-4-5-6-7-8-9-10-11(12)13;;;;/h2H,1,3-10H2,(H,12,13);;;;. The van der Waals surface area contributed by atoms with Gasteiger partial charge in [0.1, 0.15) is 0 Å². The van der Waals surface area contributed by atoms with E-state index in [9.17, 15) is 4.79 Å². The Balaban J connectivity index is -0.000000720. The van der Waals surface area contributed by atoms with Gasteiger partial charge < -0.3 is 5.11 Å². The molecule has 0 saturated heterocycles. The van der Waals surface area contributed by atoms with E-state index in [0.717, 1.165) is 19.3 Å². The zero-order valence-corrected chi connectivity index (χ0v) is 8.30. The summed E-state index contributed by atoms with van der Waals surface area (Å²) in [4.78, 5) is 10.2. The van der Waals surface area contributed by atoms with Gasteiger partial charge >= 0.3 is 65.1 Å². The Labute approximate surface area is 137 Å². The molecule has 0 rings (SSSR count). The third kappa shape index (κ3) is 21.1. The average Bonchev–Trinajstić information content (AvgIpc) is 2.09. The van der Waals surface area contributed by atoms with Crippen LogP contribution in [-0.2, 0) is 4.79 Å². The molecule has 15 heavy (non-hydrogen) atoms. The fourth-order valence-electron chi connectivity index (χ4n) is 1.27. The van der Waals surface area contributed by atoms with E-state index in [2.05, 4.69) is 6.58 Å². The van der Waals surface area contributed by atoms with E-state index in [1.54, 1.807) is 0 Å². The Hall–Kier alpha value is 1.21. The van der Waals surface area contributed by atoms with Crippen molar-refractivity contribution in [1.82, 2.24) is 0 Å². The van der Waals surface area contributed by atoms with Crippen LogP contribution in [0.5, 0.6) is 0 Å². The molecule has 0 saturated carbocycles. The monoisotopic (exact) mass is 232 g/mol. The van der Waals surface area contributed by atoms with Gasteiger partial charge in [0.25, 0.3) is 0 Å². The third-order valence-corrected chi connectivity index (χ3v) is 2.05. The number of carboxylic acids is 1. The van der Waals surface area contributed by atoms with E-state index in [1.807, 2.05) is 6.08 Å². The summed E-state index contributed by atoms with van der Waals surface area (Å²) in [7, 11) is 0. The van der Waals surface area contributed by atoms with Crippen LogP contribution in [0.25, 0.3) is 0 Å². The summed E-state index contributed by atoms with van der Waals surface area (Å²) in [5, 5.41) is 8.38. The quantitative estimate of drug-likeness (QED) is 0.375. The van der Waals surface area contributed by atoms with Crippen molar-refractivity contribution in [2.75, 3.05) is 0 Å². The summed E-state index contributed by atoms with van der Waals surface area (Å²) in [6.07, 6.45) is 10.1. The van der Waals surface area contributed by atoms with Crippen LogP contribution in [0.3, 0.4) is 0 Å². The normalized spacial score (nSPS) is 8.53. The first-order chi connectivity index (χ1) is 6.27. The van der Waals surface area contributed by atoms with E-state index in [1.165, 1.54) is 25.7 Å². The molecule has 0 radical (unpaired) electrons. The Morgan fingerprint density at radius 1 is 1.00 bits per heavy atom. The number of unbranched alkanes of at least 4 members (excludes halogenated alkanes) is 6. The van der Waals surface area contributed by atoms with Crippen molar-refractivity contribution >= 4 is 65.1 Å². The number of carboxylic acid groups (broad SMARTS) is 1. The molecule has 2 nitrogen and oxygen atoms in total. The third-order valence-electron chi connectivity index (χ3n) is 2.05. The van der Waals surface area contributed by atoms with Gasteiger partial charge in [-0.05, 0) is 19.3 Å². The molecule has 0 bridgehead atoms. The first kappa shape index (κ1) is 21.5. The van der Waals surface area contributed by atoms with Gasteiger partial charge in [-0.1, -0.05) is 31.8 Å². The Kier molecular flexibility index (Phi) is 25.2. The van der Waals surface area contributed by atoms with Crippen molar-refractivity contribution < 1.29 is 9.90 Å². The van der Waals surface area contributed by atoms with E-state index in [0.29, 0.717) is 6.42 Å². The molecule has 80 valence electrons. The van der Waals surface area contributed by atoms with Crippen LogP contribution in [-0.4, -0.2) is 70.2 Å². The van der Waals surface area contributed by atoms with Gasteiger partial charge in [-0.25, -0.2) is 0 Å². The molecule has 0 atom stereocenters. The SMILES string of the molecule is C=CCCCCCCCCC(=O)O.[NaH].[NaH].